The van der Waals surface area contributed by atoms with Gasteiger partial charge in [0.15, 0.2) is 0 Å². The Morgan fingerprint density at radius 3 is 1.00 bits per heavy atom. The lowest BCUT2D eigenvalue weighted by Crippen LogP contribution is -2.47. The number of nitrogens with zero attached hydrogens (tertiary/aromatic N) is 2. The zero-order chi connectivity index (χ0) is 23.0. The lowest BCUT2D eigenvalue weighted by Gasteiger charge is -2.33. The fraction of sp³-hybridized carbons (Fsp3) is 0.900. The van der Waals surface area contributed by atoms with Crippen LogP contribution in [0.4, 0.5) is 0 Å². The molecule has 0 aliphatic carbocycles. The standard InChI is InChI=1S/2C9H21BrN.C2H2O4/c2*1-5-9(10)8-11(4,6-2)7-3;3-1(4)2(5)6/h2*9H,5-8H2,1-4H3;(H,3,4)(H,5,6)/q2*+1;/p-2. The predicted molar refractivity (Wildman–Crippen MR) is 120 cm³/mol. The van der Waals surface area contributed by atoms with E-state index in [4.69, 9.17) is 19.8 Å². The number of halogens is 2. The number of aliphatic carboxylic acids is 2. The maximum absolute atomic E-state index is 8.93. The normalized spacial score (nSPS) is 13.4. The average Bonchev–Trinajstić information content (AvgIpc) is 2.68. The van der Waals surface area contributed by atoms with Gasteiger partial charge in [-0.15, -0.1) is 0 Å². The summed E-state index contributed by atoms with van der Waals surface area (Å²) in [5, 5.41) is 17.9. The molecule has 0 amide bonds. The van der Waals surface area contributed by atoms with Crippen molar-refractivity contribution in [1.29, 1.82) is 0 Å². The summed E-state index contributed by atoms with van der Waals surface area (Å²) in [5.74, 6) is -4.37. The molecule has 0 aromatic heterocycles. The summed E-state index contributed by atoms with van der Waals surface area (Å²) in [6.45, 7) is 21.0. The van der Waals surface area contributed by atoms with Crippen LogP contribution in [-0.2, 0) is 9.59 Å². The molecular formula is C20H42Br2N2O4. The van der Waals surface area contributed by atoms with Crippen molar-refractivity contribution in [3.05, 3.63) is 0 Å². The molecular weight excluding hydrogens is 492 g/mol. The summed E-state index contributed by atoms with van der Waals surface area (Å²) in [6, 6.07) is 0. The Balaban J connectivity index is -0.000000351. The first-order valence-electron chi connectivity index (χ1n) is 10.2. The first kappa shape index (κ1) is 32.5. The molecule has 0 spiro atoms. The number of carbonyl (C=O) groups excluding carboxylic acids is 2. The van der Waals surface area contributed by atoms with Crippen LogP contribution in [0.25, 0.3) is 0 Å². The van der Waals surface area contributed by atoms with Gasteiger partial charge in [0, 0.05) is 0 Å². The van der Waals surface area contributed by atoms with Gasteiger partial charge in [-0.2, -0.15) is 0 Å². The van der Waals surface area contributed by atoms with Gasteiger partial charge in [-0.3, -0.25) is 0 Å². The summed E-state index contributed by atoms with van der Waals surface area (Å²) >= 11 is 7.36. The van der Waals surface area contributed by atoms with Crippen molar-refractivity contribution in [2.45, 2.75) is 64.0 Å². The second-order valence-corrected chi connectivity index (χ2v) is 10.0. The van der Waals surface area contributed by atoms with Crippen molar-refractivity contribution in [3.63, 3.8) is 0 Å². The van der Waals surface area contributed by atoms with Gasteiger partial charge >= 0.3 is 0 Å². The van der Waals surface area contributed by atoms with Crippen LogP contribution in [-0.4, -0.2) is 83.9 Å². The number of hydrogen-bond acceptors (Lipinski definition) is 4. The Bertz CT molecular complexity index is 377. The minimum Gasteiger partial charge on any atom is -0.543 e. The van der Waals surface area contributed by atoms with Crippen molar-refractivity contribution >= 4 is 43.8 Å². The number of carbonyl (C=O) groups is 2. The summed E-state index contributed by atoms with van der Waals surface area (Å²) in [7, 11) is 4.65. The molecule has 0 aliphatic heterocycles. The maximum Gasteiger partial charge on any atom is 0.0911 e. The Labute approximate surface area is 189 Å². The van der Waals surface area contributed by atoms with Gasteiger partial charge in [-0.1, -0.05) is 45.7 Å². The first-order chi connectivity index (χ1) is 12.8. The van der Waals surface area contributed by atoms with Gasteiger partial charge in [0.2, 0.25) is 0 Å². The maximum atomic E-state index is 8.93. The number of hydrogen-bond donors (Lipinski definition) is 0. The number of carboxylic acid groups (broad SMARTS) is 2. The average molecular weight is 534 g/mol. The van der Waals surface area contributed by atoms with Crippen molar-refractivity contribution < 1.29 is 28.8 Å². The monoisotopic (exact) mass is 532 g/mol. The largest absolute Gasteiger partial charge is 0.543 e. The molecule has 170 valence electrons. The van der Waals surface area contributed by atoms with E-state index in [2.05, 4.69) is 87.5 Å². The van der Waals surface area contributed by atoms with Gasteiger partial charge < -0.3 is 28.8 Å². The van der Waals surface area contributed by atoms with E-state index in [-0.39, 0.29) is 0 Å². The number of alkyl halides is 2. The quantitative estimate of drug-likeness (QED) is 0.243. The van der Waals surface area contributed by atoms with E-state index in [1.165, 1.54) is 61.1 Å². The van der Waals surface area contributed by atoms with Crippen molar-refractivity contribution in [1.82, 2.24) is 0 Å². The molecule has 0 radical (unpaired) electrons. The number of carboxylic acids is 2. The van der Waals surface area contributed by atoms with Gasteiger partial charge in [0.1, 0.15) is 0 Å². The molecule has 0 saturated heterocycles. The van der Waals surface area contributed by atoms with Gasteiger partial charge in [-0.05, 0) is 40.5 Å². The molecule has 0 aromatic carbocycles. The van der Waals surface area contributed by atoms with E-state index in [1.807, 2.05) is 0 Å². The van der Waals surface area contributed by atoms with E-state index in [9.17, 15) is 0 Å². The van der Waals surface area contributed by atoms with E-state index in [1.54, 1.807) is 0 Å². The van der Waals surface area contributed by atoms with Crippen molar-refractivity contribution in [3.8, 4) is 0 Å². The van der Waals surface area contributed by atoms with Crippen LogP contribution in [0.3, 0.4) is 0 Å². The van der Waals surface area contributed by atoms with Crippen LogP contribution in [0.1, 0.15) is 54.4 Å². The summed E-state index contributed by atoms with van der Waals surface area (Å²) < 4.78 is 2.37. The first-order valence-corrected chi connectivity index (χ1v) is 12.0. The van der Waals surface area contributed by atoms with Crippen LogP contribution in [0.5, 0.6) is 0 Å². The predicted octanol–water partition coefficient (Wildman–Crippen LogP) is 1.78. The lowest BCUT2D eigenvalue weighted by atomic mass is 10.3. The molecule has 2 atom stereocenters. The van der Waals surface area contributed by atoms with Crippen LogP contribution in [0.15, 0.2) is 0 Å². The second kappa shape index (κ2) is 17.7. The number of quaternary nitrogens is 2. The van der Waals surface area contributed by atoms with Gasteiger partial charge in [0.05, 0.1) is 75.0 Å². The Morgan fingerprint density at radius 1 is 0.679 bits per heavy atom. The van der Waals surface area contributed by atoms with Crippen molar-refractivity contribution in [2.75, 3.05) is 53.4 Å². The highest BCUT2D eigenvalue weighted by molar-refractivity contribution is 9.09. The smallest absolute Gasteiger partial charge is 0.0911 e. The van der Waals surface area contributed by atoms with E-state index >= 15 is 0 Å². The Kier molecular flexibility index (Phi) is 20.5. The fourth-order valence-corrected chi connectivity index (χ4v) is 3.58. The van der Waals surface area contributed by atoms with E-state index < -0.39 is 11.9 Å². The lowest BCUT2D eigenvalue weighted by molar-refractivity contribution is -0.905. The van der Waals surface area contributed by atoms with Crippen molar-refractivity contribution in [2.24, 2.45) is 0 Å². The molecule has 0 heterocycles. The Hall–Kier alpha value is -0.180. The minimum atomic E-state index is -2.19. The van der Waals surface area contributed by atoms with Crippen LogP contribution >= 0.6 is 31.9 Å². The molecule has 28 heavy (non-hydrogen) atoms. The minimum absolute atomic E-state index is 0.687. The van der Waals surface area contributed by atoms with Gasteiger partial charge in [0.25, 0.3) is 0 Å². The highest BCUT2D eigenvalue weighted by Gasteiger charge is 2.20. The molecule has 0 bridgehead atoms. The SMILES string of the molecule is CCC(Br)C[N+](C)(CC)CC.CCC(Br)C[N+](C)(CC)CC.O=C([O-])C(=O)[O-]. The zero-order valence-electron chi connectivity index (χ0n) is 19.1. The molecule has 0 rings (SSSR count). The fourth-order valence-electron chi connectivity index (χ4n) is 2.18. The van der Waals surface area contributed by atoms with Crippen LogP contribution in [0.2, 0.25) is 0 Å². The molecule has 0 saturated carbocycles. The molecule has 0 N–H and O–H groups in total. The summed E-state index contributed by atoms with van der Waals surface area (Å²) in [6.07, 6.45) is 2.46. The van der Waals surface area contributed by atoms with Gasteiger partial charge in [-0.25, -0.2) is 0 Å². The summed E-state index contributed by atoms with van der Waals surface area (Å²) in [5.41, 5.74) is 0. The molecule has 2 unspecified atom stereocenters. The molecule has 0 aromatic rings. The molecule has 0 fully saturated rings. The van der Waals surface area contributed by atoms with E-state index in [0.29, 0.717) is 9.65 Å². The topological polar surface area (TPSA) is 80.3 Å². The number of rotatable bonds is 10. The summed E-state index contributed by atoms with van der Waals surface area (Å²) in [4.78, 5) is 19.2. The third-order valence-electron chi connectivity index (χ3n) is 5.38. The third-order valence-corrected chi connectivity index (χ3v) is 7.26. The Morgan fingerprint density at radius 2 is 0.893 bits per heavy atom. The molecule has 0 aliphatic rings. The van der Waals surface area contributed by atoms with E-state index in [0.717, 1.165) is 0 Å². The van der Waals surface area contributed by atoms with Crippen LogP contribution in [0, 0.1) is 0 Å². The molecule has 8 heteroatoms. The zero-order valence-corrected chi connectivity index (χ0v) is 22.3. The molecule has 6 nitrogen and oxygen atoms in total. The third kappa shape index (κ3) is 17.9. The second-order valence-electron chi connectivity index (χ2n) is 7.46. The van der Waals surface area contributed by atoms with Crippen LogP contribution < -0.4 is 10.2 Å². The highest BCUT2D eigenvalue weighted by Crippen LogP contribution is 2.12. The highest BCUT2D eigenvalue weighted by atomic mass is 79.9.